The highest BCUT2D eigenvalue weighted by atomic mass is 19.3. The Hall–Kier alpha value is -2.50. The first-order valence-electron chi connectivity index (χ1n) is 6.07. The first kappa shape index (κ1) is 14.9. The summed E-state index contributed by atoms with van der Waals surface area (Å²) in [7, 11) is 0. The van der Waals surface area contributed by atoms with Crippen LogP contribution < -0.4 is 5.32 Å². The maximum atomic E-state index is 13.0. The molecule has 0 saturated carbocycles. The van der Waals surface area contributed by atoms with Crippen LogP contribution in [0.15, 0.2) is 36.4 Å². The second-order valence-electron chi connectivity index (χ2n) is 4.46. The van der Waals surface area contributed by atoms with Gasteiger partial charge in [0.05, 0.1) is 11.3 Å². The zero-order chi connectivity index (χ0) is 15.6. The minimum Gasteiger partial charge on any atom is -0.478 e. The Labute approximate surface area is 119 Å². The Morgan fingerprint density at radius 1 is 1.19 bits per heavy atom. The van der Waals surface area contributed by atoms with E-state index < -0.39 is 29.3 Å². The number of halogens is 3. The number of aromatic carboxylic acids is 1. The second kappa shape index (κ2) is 5.87. The third-order valence-electron chi connectivity index (χ3n) is 3.00. The molecule has 0 aromatic heterocycles. The first-order valence-corrected chi connectivity index (χ1v) is 6.07. The van der Waals surface area contributed by atoms with Crippen LogP contribution in [-0.2, 0) is 0 Å². The Morgan fingerprint density at radius 2 is 1.90 bits per heavy atom. The highest BCUT2D eigenvalue weighted by molar-refractivity contribution is 5.97. The van der Waals surface area contributed by atoms with E-state index in [-0.39, 0.29) is 5.69 Å². The van der Waals surface area contributed by atoms with E-state index >= 15 is 0 Å². The molecule has 110 valence electrons. The van der Waals surface area contributed by atoms with Gasteiger partial charge in [-0.1, -0.05) is 12.1 Å². The van der Waals surface area contributed by atoms with Gasteiger partial charge in [0.1, 0.15) is 5.82 Å². The standard InChI is InChI=1S/C15H12F3NO2/c1-8-7-9(16)5-6-11(8)19-12-4-2-3-10(14(17)18)13(12)15(20)21/h2-7,14,19H,1H3,(H,20,21). The lowest BCUT2D eigenvalue weighted by Gasteiger charge is -2.14. The molecule has 0 radical (unpaired) electrons. The van der Waals surface area contributed by atoms with Crippen molar-refractivity contribution >= 4 is 17.3 Å². The zero-order valence-corrected chi connectivity index (χ0v) is 11.0. The van der Waals surface area contributed by atoms with Crippen LogP contribution in [0.1, 0.15) is 27.9 Å². The molecule has 2 aromatic carbocycles. The predicted octanol–water partition coefficient (Wildman–Crippen LogP) is 4.51. The van der Waals surface area contributed by atoms with E-state index in [1.807, 2.05) is 0 Å². The summed E-state index contributed by atoms with van der Waals surface area (Å²) in [5.74, 6) is -1.88. The van der Waals surface area contributed by atoms with Gasteiger partial charge in [0.15, 0.2) is 0 Å². The van der Waals surface area contributed by atoms with Crippen molar-refractivity contribution in [3.05, 3.63) is 58.9 Å². The van der Waals surface area contributed by atoms with Crippen LogP contribution in [0.4, 0.5) is 24.5 Å². The van der Waals surface area contributed by atoms with Gasteiger partial charge < -0.3 is 10.4 Å². The number of benzene rings is 2. The fourth-order valence-electron chi connectivity index (χ4n) is 2.01. The van der Waals surface area contributed by atoms with Crippen molar-refractivity contribution in [3.8, 4) is 0 Å². The van der Waals surface area contributed by atoms with Crippen LogP contribution in [-0.4, -0.2) is 11.1 Å². The SMILES string of the molecule is Cc1cc(F)ccc1Nc1cccc(C(F)F)c1C(=O)O. The number of carboxylic acids is 1. The minimum atomic E-state index is -2.90. The molecule has 21 heavy (non-hydrogen) atoms. The molecule has 2 rings (SSSR count). The Morgan fingerprint density at radius 3 is 2.48 bits per heavy atom. The van der Waals surface area contributed by atoms with Gasteiger partial charge in [-0.15, -0.1) is 0 Å². The Bertz CT molecular complexity index is 687. The molecular formula is C15H12F3NO2. The van der Waals surface area contributed by atoms with Crippen LogP contribution in [0.2, 0.25) is 0 Å². The fraction of sp³-hybridized carbons (Fsp3) is 0.133. The van der Waals surface area contributed by atoms with Gasteiger partial charge >= 0.3 is 5.97 Å². The lowest BCUT2D eigenvalue weighted by molar-refractivity contribution is 0.0686. The molecule has 2 aromatic rings. The summed E-state index contributed by atoms with van der Waals surface area (Å²) >= 11 is 0. The van der Waals surface area contributed by atoms with Crippen molar-refractivity contribution in [3.63, 3.8) is 0 Å². The molecule has 0 fully saturated rings. The number of nitrogens with one attached hydrogen (secondary N) is 1. The molecule has 0 unspecified atom stereocenters. The lowest BCUT2D eigenvalue weighted by atomic mass is 10.0. The normalized spacial score (nSPS) is 10.7. The van der Waals surface area contributed by atoms with Gasteiger partial charge in [0.2, 0.25) is 0 Å². The van der Waals surface area contributed by atoms with Crippen LogP contribution in [0, 0.1) is 12.7 Å². The Balaban J connectivity index is 2.49. The van der Waals surface area contributed by atoms with Gasteiger partial charge in [0.25, 0.3) is 6.43 Å². The molecule has 2 N–H and O–H groups in total. The Kier molecular flexibility index (Phi) is 4.16. The lowest BCUT2D eigenvalue weighted by Crippen LogP contribution is -2.08. The van der Waals surface area contributed by atoms with E-state index in [0.29, 0.717) is 11.3 Å². The van der Waals surface area contributed by atoms with Crippen LogP contribution >= 0.6 is 0 Å². The van der Waals surface area contributed by atoms with E-state index in [1.165, 1.54) is 30.3 Å². The van der Waals surface area contributed by atoms with Crippen LogP contribution in [0.3, 0.4) is 0 Å². The van der Waals surface area contributed by atoms with Crippen molar-refractivity contribution in [2.45, 2.75) is 13.3 Å². The molecule has 0 atom stereocenters. The smallest absolute Gasteiger partial charge is 0.338 e. The predicted molar refractivity (Wildman–Crippen MR) is 72.8 cm³/mol. The summed E-state index contributed by atoms with van der Waals surface area (Å²) in [4.78, 5) is 11.2. The number of aryl methyl sites for hydroxylation is 1. The third-order valence-corrected chi connectivity index (χ3v) is 3.00. The molecule has 0 aliphatic heterocycles. The maximum Gasteiger partial charge on any atom is 0.338 e. The summed E-state index contributed by atoms with van der Waals surface area (Å²) in [5, 5.41) is 11.9. The summed E-state index contributed by atoms with van der Waals surface area (Å²) in [6, 6.07) is 7.68. The van der Waals surface area contributed by atoms with E-state index in [9.17, 15) is 18.0 Å². The van der Waals surface area contributed by atoms with Crippen LogP contribution in [0.5, 0.6) is 0 Å². The molecule has 3 nitrogen and oxygen atoms in total. The third kappa shape index (κ3) is 3.16. The monoisotopic (exact) mass is 295 g/mol. The number of alkyl halides is 2. The minimum absolute atomic E-state index is 0.0370. The first-order chi connectivity index (χ1) is 9.90. The van der Waals surface area contributed by atoms with Crippen molar-refractivity contribution in [1.29, 1.82) is 0 Å². The van der Waals surface area contributed by atoms with Gasteiger partial charge in [-0.2, -0.15) is 0 Å². The largest absolute Gasteiger partial charge is 0.478 e. The van der Waals surface area contributed by atoms with Gasteiger partial charge in [-0.25, -0.2) is 18.0 Å². The number of rotatable bonds is 4. The molecule has 0 bridgehead atoms. The summed E-state index contributed by atoms with van der Waals surface area (Å²) in [5.41, 5.74) is -0.0300. The zero-order valence-electron chi connectivity index (χ0n) is 11.0. The fourth-order valence-corrected chi connectivity index (χ4v) is 2.01. The maximum absolute atomic E-state index is 13.0. The molecular weight excluding hydrogens is 283 g/mol. The summed E-state index contributed by atoms with van der Waals surface area (Å²) < 4.78 is 38.8. The highest BCUT2D eigenvalue weighted by Crippen LogP contribution is 2.31. The van der Waals surface area contributed by atoms with E-state index in [1.54, 1.807) is 6.92 Å². The summed E-state index contributed by atoms with van der Waals surface area (Å²) in [6.45, 7) is 1.63. The topological polar surface area (TPSA) is 49.3 Å². The van der Waals surface area contributed by atoms with E-state index in [4.69, 9.17) is 5.11 Å². The van der Waals surface area contributed by atoms with Gasteiger partial charge in [-0.3, -0.25) is 0 Å². The quantitative estimate of drug-likeness (QED) is 0.872. The van der Waals surface area contributed by atoms with E-state index in [0.717, 1.165) is 6.07 Å². The molecule has 6 heteroatoms. The van der Waals surface area contributed by atoms with Crippen molar-refractivity contribution in [2.24, 2.45) is 0 Å². The van der Waals surface area contributed by atoms with Crippen LogP contribution in [0.25, 0.3) is 0 Å². The second-order valence-corrected chi connectivity index (χ2v) is 4.46. The van der Waals surface area contributed by atoms with E-state index in [2.05, 4.69) is 5.32 Å². The average Bonchev–Trinajstić information content (AvgIpc) is 2.41. The molecule has 0 saturated heterocycles. The molecule has 0 amide bonds. The molecule has 0 aliphatic rings. The molecule has 0 heterocycles. The summed E-state index contributed by atoms with van der Waals surface area (Å²) in [6.07, 6.45) is -2.90. The highest BCUT2D eigenvalue weighted by Gasteiger charge is 2.21. The number of anilines is 2. The molecule has 0 aliphatic carbocycles. The number of hydrogen-bond acceptors (Lipinski definition) is 2. The van der Waals surface area contributed by atoms with Gasteiger partial charge in [0, 0.05) is 11.3 Å². The van der Waals surface area contributed by atoms with Crippen molar-refractivity contribution < 1.29 is 23.1 Å². The van der Waals surface area contributed by atoms with Crippen molar-refractivity contribution in [1.82, 2.24) is 0 Å². The van der Waals surface area contributed by atoms with Crippen molar-refractivity contribution in [2.75, 3.05) is 5.32 Å². The van der Waals surface area contributed by atoms with Gasteiger partial charge in [-0.05, 0) is 36.8 Å². The molecule has 0 spiro atoms. The number of hydrogen-bond donors (Lipinski definition) is 2. The number of carboxylic acid groups (broad SMARTS) is 1. The average molecular weight is 295 g/mol. The number of carbonyl (C=O) groups is 1.